The Morgan fingerprint density at radius 1 is 1.21 bits per heavy atom. The van der Waals surface area contributed by atoms with E-state index < -0.39 is 0 Å². The van der Waals surface area contributed by atoms with Crippen molar-refractivity contribution in [1.82, 2.24) is 4.98 Å². The van der Waals surface area contributed by atoms with Gasteiger partial charge in [-0.15, -0.1) is 11.3 Å². The number of benzene rings is 2. The van der Waals surface area contributed by atoms with Gasteiger partial charge in [-0.1, -0.05) is 35.3 Å². The zero-order chi connectivity index (χ0) is 16.9. The number of nitrogens with zero attached hydrogens (tertiary/aromatic N) is 1. The van der Waals surface area contributed by atoms with E-state index in [-0.39, 0.29) is 5.91 Å². The lowest BCUT2D eigenvalue weighted by atomic mass is 10.2. The molecule has 0 radical (unpaired) electrons. The molecular formula is C17H12Cl2N2O2S. The van der Waals surface area contributed by atoms with Crippen LogP contribution in [0, 0.1) is 0 Å². The number of carbonyl (C=O) groups is 1. The minimum Gasteiger partial charge on any atom is -0.487 e. The highest BCUT2D eigenvalue weighted by molar-refractivity contribution is 7.07. The molecule has 24 heavy (non-hydrogen) atoms. The maximum atomic E-state index is 12.4. The second-order valence-corrected chi connectivity index (χ2v) is 6.36. The largest absolute Gasteiger partial charge is 0.487 e. The highest BCUT2D eigenvalue weighted by atomic mass is 35.5. The van der Waals surface area contributed by atoms with Gasteiger partial charge in [0.25, 0.3) is 5.91 Å². The Morgan fingerprint density at radius 3 is 2.83 bits per heavy atom. The summed E-state index contributed by atoms with van der Waals surface area (Å²) < 4.78 is 5.65. The number of rotatable bonds is 5. The molecule has 0 saturated heterocycles. The molecule has 0 aliphatic carbocycles. The van der Waals surface area contributed by atoms with Crippen LogP contribution in [-0.4, -0.2) is 10.9 Å². The molecule has 0 atom stereocenters. The van der Waals surface area contributed by atoms with Crippen LogP contribution in [-0.2, 0) is 6.61 Å². The zero-order valence-electron chi connectivity index (χ0n) is 12.3. The Hall–Kier alpha value is -2.08. The Bertz CT molecular complexity index is 854. The number of aromatic nitrogens is 1. The van der Waals surface area contributed by atoms with Gasteiger partial charge in [0, 0.05) is 10.9 Å². The van der Waals surface area contributed by atoms with Crippen molar-refractivity contribution in [2.24, 2.45) is 0 Å². The molecule has 1 heterocycles. The van der Waals surface area contributed by atoms with Crippen LogP contribution in [0.3, 0.4) is 0 Å². The molecule has 3 aromatic rings. The van der Waals surface area contributed by atoms with Gasteiger partial charge in [-0.3, -0.25) is 4.79 Å². The fourth-order valence-corrected chi connectivity index (χ4v) is 2.88. The number of carbonyl (C=O) groups excluding carboxylic acids is 1. The minimum absolute atomic E-state index is 0.293. The molecule has 0 aliphatic rings. The molecule has 1 amide bonds. The summed E-state index contributed by atoms with van der Waals surface area (Å²) in [6.07, 6.45) is 0. The molecule has 3 rings (SSSR count). The third kappa shape index (κ3) is 4.06. The summed E-state index contributed by atoms with van der Waals surface area (Å²) in [6, 6.07) is 12.0. The van der Waals surface area contributed by atoms with Crippen molar-refractivity contribution in [3.63, 3.8) is 0 Å². The molecule has 0 spiro atoms. The number of hydrogen-bond donors (Lipinski definition) is 1. The summed E-state index contributed by atoms with van der Waals surface area (Å²) in [7, 11) is 0. The van der Waals surface area contributed by atoms with E-state index >= 15 is 0 Å². The van der Waals surface area contributed by atoms with Crippen molar-refractivity contribution in [2.75, 3.05) is 5.32 Å². The average Bonchev–Trinajstić information content (AvgIpc) is 3.11. The van der Waals surface area contributed by atoms with E-state index in [2.05, 4.69) is 10.3 Å². The fraction of sp³-hybridized carbons (Fsp3) is 0.0588. The lowest BCUT2D eigenvalue weighted by molar-refractivity contribution is 0.102. The first-order valence-electron chi connectivity index (χ1n) is 6.99. The van der Waals surface area contributed by atoms with E-state index in [1.54, 1.807) is 48.0 Å². The number of hydrogen-bond acceptors (Lipinski definition) is 4. The second-order valence-electron chi connectivity index (χ2n) is 4.85. The maximum Gasteiger partial charge on any atom is 0.255 e. The van der Waals surface area contributed by atoms with Gasteiger partial charge in [-0.25, -0.2) is 4.98 Å². The number of amides is 1. The van der Waals surface area contributed by atoms with E-state index in [0.717, 1.165) is 5.69 Å². The average molecular weight is 379 g/mol. The topological polar surface area (TPSA) is 51.2 Å². The second kappa shape index (κ2) is 7.66. The molecule has 1 aromatic heterocycles. The third-order valence-corrected chi connectivity index (χ3v) is 4.62. The van der Waals surface area contributed by atoms with Crippen LogP contribution in [0.4, 0.5) is 5.69 Å². The van der Waals surface area contributed by atoms with E-state index in [1.807, 2.05) is 5.38 Å². The van der Waals surface area contributed by atoms with Gasteiger partial charge in [0.05, 0.1) is 26.9 Å². The van der Waals surface area contributed by atoms with Crippen molar-refractivity contribution in [3.8, 4) is 5.75 Å². The van der Waals surface area contributed by atoms with Crippen LogP contribution < -0.4 is 10.1 Å². The molecule has 0 fully saturated rings. The highest BCUT2D eigenvalue weighted by Gasteiger charge is 2.11. The number of anilines is 1. The Balaban J connectivity index is 1.71. The molecular weight excluding hydrogens is 367 g/mol. The van der Waals surface area contributed by atoms with Crippen molar-refractivity contribution in [1.29, 1.82) is 0 Å². The van der Waals surface area contributed by atoms with Crippen LogP contribution in [0.15, 0.2) is 53.4 Å². The summed E-state index contributed by atoms with van der Waals surface area (Å²) in [5.41, 5.74) is 3.52. The smallest absolute Gasteiger partial charge is 0.255 e. The first-order chi connectivity index (χ1) is 11.6. The standard InChI is InChI=1S/C17H12Cl2N2O2S/c18-14-5-2-6-15(16(14)19)21-17(22)11-3-1-4-13(7-11)23-8-12-9-24-10-20-12/h1-7,9-10H,8H2,(H,21,22). The van der Waals surface area contributed by atoms with Crippen LogP contribution in [0.5, 0.6) is 5.75 Å². The molecule has 7 heteroatoms. The lowest BCUT2D eigenvalue weighted by Crippen LogP contribution is -2.12. The van der Waals surface area contributed by atoms with Crippen molar-refractivity contribution in [2.45, 2.75) is 6.61 Å². The van der Waals surface area contributed by atoms with Crippen molar-refractivity contribution >= 4 is 46.1 Å². The van der Waals surface area contributed by atoms with Crippen LogP contribution >= 0.6 is 34.5 Å². The zero-order valence-corrected chi connectivity index (χ0v) is 14.7. The SMILES string of the molecule is O=C(Nc1cccc(Cl)c1Cl)c1cccc(OCc2cscn2)c1. The van der Waals surface area contributed by atoms with Gasteiger partial charge in [0.1, 0.15) is 12.4 Å². The van der Waals surface area contributed by atoms with Crippen LogP contribution in [0.2, 0.25) is 10.0 Å². The van der Waals surface area contributed by atoms with Gasteiger partial charge < -0.3 is 10.1 Å². The first kappa shape index (κ1) is 16.8. The van der Waals surface area contributed by atoms with Gasteiger partial charge in [-0.05, 0) is 30.3 Å². The normalized spacial score (nSPS) is 10.4. The fourth-order valence-electron chi connectivity index (χ4n) is 1.99. The van der Waals surface area contributed by atoms with E-state index in [4.69, 9.17) is 27.9 Å². The predicted octanol–water partition coefficient (Wildman–Crippen LogP) is 5.28. The van der Waals surface area contributed by atoms with Crippen molar-refractivity contribution in [3.05, 3.63) is 74.7 Å². The minimum atomic E-state index is -0.293. The molecule has 0 saturated carbocycles. The monoisotopic (exact) mass is 378 g/mol. The molecule has 4 nitrogen and oxygen atoms in total. The van der Waals surface area contributed by atoms with E-state index in [9.17, 15) is 4.79 Å². The number of ether oxygens (including phenoxy) is 1. The molecule has 1 N–H and O–H groups in total. The van der Waals surface area contributed by atoms with Gasteiger partial charge in [0.15, 0.2) is 0 Å². The van der Waals surface area contributed by atoms with E-state index in [0.29, 0.717) is 33.7 Å². The first-order valence-corrected chi connectivity index (χ1v) is 8.68. The van der Waals surface area contributed by atoms with Gasteiger partial charge in [-0.2, -0.15) is 0 Å². The summed E-state index contributed by atoms with van der Waals surface area (Å²) in [4.78, 5) is 16.5. The summed E-state index contributed by atoms with van der Waals surface area (Å²) in [6.45, 7) is 0.356. The number of halogens is 2. The van der Waals surface area contributed by atoms with Gasteiger partial charge >= 0.3 is 0 Å². The summed E-state index contributed by atoms with van der Waals surface area (Å²) in [5.74, 6) is 0.297. The van der Waals surface area contributed by atoms with E-state index in [1.165, 1.54) is 11.3 Å². The number of nitrogens with one attached hydrogen (secondary N) is 1. The molecule has 2 aromatic carbocycles. The van der Waals surface area contributed by atoms with Crippen molar-refractivity contribution < 1.29 is 9.53 Å². The maximum absolute atomic E-state index is 12.4. The molecule has 0 bridgehead atoms. The quantitative estimate of drug-likeness (QED) is 0.656. The van der Waals surface area contributed by atoms with Crippen LogP contribution in [0.1, 0.15) is 16.1 Å². The highest BCUT2D eigenvalue weighted by Crippen LogP contribution is 2.30. The predicted molar refractivity (Wildman–Crippen MR) is 97.3 cm³/mol. The van der Waals surface area contributed by atoms with Gasteiger partial charge in [0.2, 0.25) is 0 Å². The molecule has 122 valence electrons. The summed E-state index contributed by atoms with van der Waals surface area (Å²) in [5, 5.41) is 5.35. The third-order valence-electron chi connectivity index (χ3n) is 3.17. The Morgan fingerprint density at radius 2 is 2.04 bits per heavy atom. The number of thiazole rings is 1. The summed E-state index contributed by atoms with van der Waals surface area (Å²) >= 11 is 13.5. The molecule has 0 aliphatic heterocycles. The Kier molecular flexibility index (Phi) is 5.35. The lowest BCUT2D eigenvalue weighted by Gasteiger charge is -2.10. The molecule has 0 unspecified atom stereocenters. The van der Waals surface area contributed by atoms with Crippen LogP contribution in [0.25, 0.3) is 0 Å². The Labute approximate surface area is 153 Å².